The number of rotatable bonds is 11. The fourth-order valence-corrected chi connectivity index (χ4v) is 5.28. The topological polar surface area (TPSA) is 134 Å². The van der Waals surface area contributed by atoms with Crippen molar-refractivity contribution in [3.05, 3.63) is 65.7 Å². The number of para-hydroxylation sites is 2. The van der Waals surface area contributed by atoms with E-state index in [0.29, 0.717) is 34.7 Å². The number of carbonyl (C=O) groups is 5. The van der Waals surface area contributed by atoms with Gasteiger partial charge in [-0.2, -0.15) is 0 Å². The summed E-state index contributed by atoms with van der Waals surface area (Å²) in [5, 5.41) is 7.22. The van der Waals surface area contributed by atoms with Gasteiger partial charge in [0.15, 0.2) is 0 Å². The molecule has 240 valence electrons. The third-order valence-corrected chi connectivity index (χ3v) is 7.80. The molecule has 12 heteroatoms. The molecule has 0 aliphatic carbocycles. The van der Waals surface area contributed by atoms with Crippen molar-refractivity contribution in [2.24, 2.45) is 0 Å². The monoisotopic (exact) mass is 638 g/mol. The van der Waals surface area contributed by atoms with E-state index < -0.39 is 24.0 Å². The highest BCUT2D eigenvalue weighted by Crippen LogP contribution is 2.37. The van der Waals surface area contributed by atoms with Crippen LogP contribution in [0.4, 0.5) is 11.4 Å². The molecule has 0 spiro atoms. The number of halogens is 1. The molecule has 0 aromatic heterocycles. The van der Waals surface area contributed by atoms with Gasteiger partial charge in [-0.3, -0.25) is 14.4 Å². The molecule has 0 radical (unpaired) electrons. The third kappa shape index (κ3) is 7.79. The number of anilines is 2. The number of ether oxygens (including phenoxy) is 2. The Balaban J connectivity index is 0.00000552. The Kier molecular flexibility index (Phi) is 12.1. The summed E-state index contributed by atoms with van der Waals surface area (Å²) in [6.45, 7) is 3.13. The molecule has 1 aliphatic heterocycles. The van der Waals surface area contributed by atoms with Crippen LogP contribution < -0.4 is 25.2 Å². The normalized spacial score (nSPS) is 15.0. The fraction of sp³-hybridized carbons (Fsp3) is 0.364. The van der Waals surface area contributed by atoms with Gasteiger partial charge in [0.2, 0.25) is 11.8 Å². The molecule has 0 saturated carbocycles. The van der Waals surface area contributed by atoms with Gasteiger partial charge in [-0.05, 0) is 68.4 Å². The zero-order chi connectivity index (χ0) is 32.0. The Morgan fingerprint density at radius 2 is 1.71 bits per heavy atom. The molecule has 3 amide bonds. The smallest absolute Gasteiger partial charge is 0.337 e. The molecule has 1 heterocycles. The number of esters is 1. The molecule has 1 aliphatic rings. The van der Waals surface area contributed by atoms with Crippen LogP contribution in [-0.2, 0) is 30.5 Å². The van der Waals surface area contributed by atoms with Crippen LogP contribution in [0.3, 0.4) is 0 Å². The van der Waals surface area contributed by atoms with E-state index in [9.17, 15) is 24.0 Å². The first-order valence-electron chi connectivity index (χ1n) is 14.4. The lowest BCUT2D eigenvalue weighted by molar-refractivity contribution is -0.128. The number of hydrogen-bond donors (Lipinski definition) is 2. The second-order valence-electron chi connectivity index (χ2n) is 10.7. The number of fused-ring (bicyclic) bond motifs is 2. The van der Waals surface area contributed by atoms with Crippen LogP contribution in [0.5, 0.6) is 5.75 Å². The van der Waals surface area contributed by atoms with Crippen LogP contribution in [-0.4, -0.2) is 69.4 Å². The second-order valence-corrected chi connectivity index (χ2v) is 10.7. The van der Waals surface area contributed by atoms with Crippen LogP contribution in [0.1, 0.15) is 49.0 Å². The van der Waals surface area contributed by atoms with Crippen molar-refractivity contribution in [1.29, 1.82) is 0 Å². The zero-order valence-corrected chi connectivity index (χ0v) is 26.9. The number of amides is 3. The summed E-state index contributed by atoms with van der Waals surface area (Å²) in [5.41, 5.74) is 2.06. The van der Waals surface area contributed by atoms with Crippen LogP contribution >= 0.6 is 12.4 Å². The number of nitrogens with one attached hydrogen (secondary N) is 2. The molecular formula is C33H39ClN4O7. The van der Waals surface area contributed by atoms with E-state index in [1.807, 2.05) is 6.07 Å². The number of hydrogen-bond acceptors (Lipinski definition) is 8. The fourth-order valence-electron chi connectivity index (χ4n) is 5.28. The Morgan fingerprint density at radius 1 is 1.00 bits per heavy atom. The molecule has 3 aromatic rings. The lowest BCUT2D eigenvalue weighted by atomic mass is 10.00. The largest absolute Gasteiger partial charge is 0.496 e. The minimum Gasteiger partial charge on any atom is -0.496 e. The van der Waals surface area contributed by atoms with Crippen molar-refractivity contribution < 1.29 is 33.4 Å². The predicted octanol–water partition coefficient (Wildman–Crippen LogP) is 3.79. The van der Waals surface area contributed by atoms with Crippen molar-refractivity contribution in [3.63, 3.8) is 0 Å². The maximum atomic E-state index is 14.4. The number of ketones is 1. The lowest BCUT2D eigenvalue weighted by Crippen LogP contribution is -2.55. The zero-order valence-electron chi connectivity index (χ0n) is 26.0. The number of Topliss-reactive ketones (excluding diaryl/α,β-unsaturated/α-hetero) is 1. The molecule has 2 atom stereocenters. The molecule has 0 saturated heterocycles. The number of benzene rings is 3. The highest BCUT2D eigenvalue weighted by molar-refractivity contribution is 6.08. The van der Waals surface area contributed by atoms with Crippen LogP contribution in [0.2, 0.25) is 0 Å². The summed E-state index contributed by atoms with van der Waals surface area (Å²) in [6, 6.07) is 14.2. The average molecular weight is 639 g/mol. The molecule has 3 aromatic carbocycles. The number of methoxy groups -OCH3 is 2. The summed E-state index contributed by atoms with van der Waals surface area (Å²) in [4.78, 5) is 67.7. The maximum Gasteiger partial charge on any atom is 0.337 e. The molecule has 0 bridgehead atoms. The maximum absolute atomic E-state index is 14.4. The number of likely N-dealkylation sites (N-methyl/N-ethyl adjacent to an activating group) is 1. The molecular weight excluding hydrogens is 600 g/mol. The van der Waals surface area contributed by atoms with Gasteiger partial charge in [0.1, 0.15) is 17.6 Å². The summed E-state index contributed by atoms with van der Waals surface area (Å²) >= 11 is 0. The van der Waals surface area contributed by atoms with E-state index in [1.165, 1.54) is 26.0 Å². The van der Waals surface area contributed by atoms with Crippen molar-refractivity contribution >= 4 is 64.0 Å². The highest BCUT2D eigenvalue weighted by atomic mass is 35.5. The van der Waals surface area contributed by atoms with Gasteiger partial charge in [-0.1, -0.05) is 24.3 Å². The Bertz CT molecular complexity index is 1590. The minimum atomic E-state index is -1.06. The van der Waals surface area contributed by atoms with E-state index in [2.05, 4.69) is 10.6 Å². The predicted molar refractivity (Wildman–Crippen MR) is 174 cm³/mol. The number of carbonyl (C=O) groups excluding carboxylic acids is 5. The third-order valence-electron chi connectivity index (χ3n) is 7.80. The van der Waals surface area contributed by atoms with Gasteiger partial charge >= 0.3 is 5.97 Å². The van der Waals surface area contributed by atoms with Gasteiger partial charge in [0, 0.05) is 18.4 Å². The summed E-state index contributed by atoms with van der Waals surface area (Å²) in [5.74, 6) is -1.00. The second kappa shape index (κ2) is 15.5. The van der Waals surface area contributed by atoms with Gasteiger partial charge in [0.05, 0.1) is 50.3 Å². The molecule has 2 N–H and O–H groups in total. The van der Waals surface area contributed by atoms with Crippen LogP contribution in [0.15, 0.2) is 54.6 Å². The van der Waals surface area contributed by atoms with E-state index in [4.69, 9.17) is 9.47 Å². The average Bonchev–Trinajstić information content (AvgIpc) is 3.14. The van der Waals surface area contributed by atoms with Crippen molar-refractivity contribution in [3.8, 4) is 5.75 Å². The summed E-state index contributed by atoms with van der Waals surface area (Å²) in [6.07, 6.45) is 0.749. The first kappa shape index (κ1) is 35.0. The van der Waals surface area contributed by atoms with E-state index in [1.54, 1.807) is 67.4 Å². The van der Waals surface area contributed by atoms with Crippen molar-refractivity contribution in [2.45, 2.75) is 51.7 Å². The van der Waals surface area contributed by atoms with E-state index in [0.717, 1.165) is 10.8 Å². The minimum absolute atomic E-state index is 0. The van der Waals surface area contributed by atoms with Gasteiger partial charge < -0.3 is 34.7 Å². The van der Waals surface area contributed by atoms with Gasteiger partial charge in [-0.25, -0.2) is 4.79 Å². The van der Waals surface area contributed by atoms with E-state index in [-0.39, 0.29) is 55.9 Å². The molecule has 0 fully saturated rings. The molecule has 4 rings (SSSR count). The standard InChI is InChI=1S/C33H38N4O7.ClH/c1-20(38)9-8-12-30(39)36-19-26(35-31(40)21(2)34-3)32(41)37(28-11-7-6-10-27(28)36)18-25-24-15-13-23(33(42)44-5)17-22(24)14-16-29(25)43-4;/h6-7,10-11,13-17,21,26,34H,8-9,12,18-19H2,1-5H3,(H,35,40);1H. The highest BCUT2D eigenvalue weighted by Gasteiger charge is 2.37. The van der Waals surface area contributed by atoms with Gasteiger partial charge in [0.25, 0.3) is 5.91 Å². The molecule has 11 nitrogen and oxygen atoms in total. The quantitative estimate of drug-likeness (QED) is 0.303. The van der Waals surface area contributed by atoms with Crippen molar-refractivity contribution in [2.75, 3.05) is 37.6 Å². The van der Waals surface area contributed by atoms with E-state index >= 15 is 0 Å². The van der Waals surface area contributed by atoms with Crippen LogP contribution in [0.25, 0.3) is 10.8 Å². The molecule has 45 heavy (non-hydrogen) atoms. The Labute approximate surface area is 268 Å². The van der Waals surface area contributed by atoms with Crippen LogP contribution in [0, 0.1) is 0 Å². The van der Waals surface area contributed by atoms with Crippen molar-refractivity contribution in [1.82, 2.24) is 10.6 Å². The first-order valence-corrected chi connectivity index (χ1v) is 14.4. The summed E-state index contributed by atoms with van der Waals surface area (Å²) in [7, 11) is 4.50. The van der Waals surface area contributed by atoms with Gasteiger partial charge in [-0.15, -0.1) is 12.4 Å². The Hall–Kier alpha value is -4.48. The number of nitrogens with zero attached hydrogens (tertiary/aromatic N) is 2. The Morgan fingerprint density at radius 3 is 2.36 bits per heavy atom. The first-order chi connectivity index (χ1) is 21.1. The summed E-state index contributed by atoms with van der Waals surface area (Å²) < 4.78 is 10.6. The lowest BCUT2D eigenvalue weighted by Gasteiger charge is -2.27. The SMILES string of the molecule is CNC(C)C(=O)NC1CN(C(=O)CCCC(C)=O)c2ccccc2N(Cc2c(OC)ccc3cc(C(=O)OC)ccc23)C1=O.Cl. The molecule has 2 unspecified atom stereocenters.